The molecule has 0 unspecified atom stereocenters. The predicted molar refractivity (Wildman–Crippen MR) is 86.9 cm³/mol. The van der Waals surface area contributed by atoms with E-state index in [0.717, 1.165) is 16.8 Å². The van der Waals surface area contributed by atoms with E-state index in [0.29, 0.717) is 11.4 Å². The van der Waals surface area contributed by atoms with Gasteiger partial charge in [0.05, 0.1) is 11.4 Å². The lowest BCUT2D eigenvalue weighted by Crippen LogP contribution is -1.86. The van der Waals surface area contributed by atoms with E-state index in [1.165, 1.54) is 0 Å². The number of nitrogen functional groups attached to an aromatic ring is 1. The van der Waals surface area contributed by atoms with Crippen LogP contribution in [0.2, 0.25) is 0 Å². The van der Waals surface area contributed by atoms with Crippen molar-refractivity contribution < 1.29 is 0 Å². The van der Waals surface area contributed by atoms with Crippen LogP contribution in [0, 0.1) is 0 Å². The highest BCUT2D eigenvalue weighted by Crippen LogP contribution is 2.29. The second-order valence-corrected chi connectivity index (χ2v) is 4.68. The summed E-state index contributed by atoms with van der Waals surface area (Å²) >= 11 is 0. The van der Waals surface area contributed by atoms with Crippen molar-refractivity contribution in [3.05, 3.63) is 78.9 Å². The van der Waals surface area contributed by atoms with Crippen LogP contribution in [0.5, 0.6) is 0 Å². The highest BCUT2D eigenvalue weighted by atomic mass is 15.1. The van der Waals surface area contributed by atoms with Gasteiger partial charge in [-0.05, 0) is 35.4 Å². The number of rotatable bonds is 3. The predicted octanol–water partition coefficient (Wildman–Crippen LogP) is 5.35. The minimum atomic E-state index is 0.621. The molecule has 3 aromatic carbocycles. The van der Waals surface area contributed by atoms with Gasteiger partial charge in [0, 0.05) is 0 Å². The molecule has 0 spiro atoms. The molecule has 0 fully saturated rings. The number of azo groups is 1. The third-order valence-electron chi connectivity index (χ3n) is 3.16. The second-order valence-electron chi connectivity index (χ2n) is 4.68. The van der Waals surface area contributed by atoms with Gasteiger partial charge in [-0.3, -0.25) is 0 Å². The number of hydrogen-bond donors (Lipinski definition) is 1. The molecule has 3 heteroatoms. The third kappa shape index (κ3) is 3.15. The number of benzene rings is 3. The van der Waals surface area contributed by atoms with Gasteiger partial charge in [-0.1, -0.05) is 54.6 Å². The molecule has 0 heterocycles. The average molecular weight is 273 g/mol. The van der Waals surface area contributed by atoms with Crippen molar-refractivity contribution >= 4 is 17.1 Å². The van der Waals surface area contributed by atoms with Crippen LogP contribution in [0.25, 0.3) is 11.1 Å². The molecule has 0 amide bonds. The monoisotopic (exact) mass is 273 g/mol. The van der Waals surface area contributed by atoms with E-state index >= 15 is 0 Å². The van der Waals surface area contributed by atoms with Crippen LogP contribution < -0.4 is 5.73 Å². The molecule has 21 heavy (non-hydrogen) atoms. The molecule has 3 rings (SSSR count). The van der Waals surface area contributed by atoms with E-state index < -0.39 is 0 Å². The summed E-state index contributed by atoms with van der Waals surface area (Å²) in [7, 11) is 0. The van der Waals surface area contributed by atoms with Gasteiger partial charge in [0.2, 0.25) is 0 Å². The van der Waals surface area contributed by atoms with Gasteiger partial charge in [-0.2, -0.15) is 5.11 Å². The van der Waals surface area contributed by atoms with Gasteiger partial charge < -0.3 is 5.73 Å². The van der Waals surface area contributed by atoms with Crippen LogP contribution in [-0.2, 0) is 0 Å². The number of nitrogens with zero attached hydrogens (tertiary/aromatic N) is 2. The summed E-state index contributed by atoms with van der Waals surface area (Å²) in [5.74, 6) is 0. The van der Waals surface area contributed by atoms with Crippen LogP contribution in [0.3, 0.4) is 0 Å². The van der Waals surface area contributed by atoms with E-state index in [1.807, 2.05) is 66.7 Å². The van der Waals surface area contributed by atoms with Crippen molar-refractivity contribution in [3.8, 4) is 11.1 Å². The fourth-order valence-electron chi connectivity index (χ4n) is 2.06. The SMILES string of the molecule is Nc1cc(-c2ccccc2)ccc1N=Nc1ccccc1. The smallest absolute Gasteiger partial charge is 0.109 e. The first-order chi connectivity index (χ1) is 10.3. The summed E-state index contributed by atoms with van der Waals surface area (Å²) in [6.07, 6.45) is 0. The van der Waals surface area contributed by atoms with E-state index in [2.05, 4.69) is 22.4 Å². The molecular weight excluding hydrogens is 258 g/mol. The number of nitrogens with two attached hydrogens (primary N) is 1. The summed E-state index contributed by atoms with van der Waals surface area (Å²) in [5, 5.41) is 8.40. The molecule has 0 saturated heterocycles. The van der Waals surface area contributed by atoms with E-state index in [-0.39, 0.29) is 0 Å². The zero-order chi connectivity index (χ0) is 14.5. The van der Waals surface area contributed by atoms with E-state index in [1.54, 1.807) is 0 Å². The van der Waals surface area contributed by atoms with Crippen molar-refractivity contribution in [3.63, 3.8) is 0 Å². The maximum absolute atomic E-state index is 6.07. The molecule has 0 saturated carbocycles. The zero-order valence-corrected chi connectivity index (χ0v) is 11.5. The van der Waals surface area contributed by atoms with Gasteiger partial charge in [0.25, 0.3) is 0 Å². The lowest BCUT2D eigenvalue weighted by molar-refractivity contribution is 1.23. The zero-order valence-electron chi connectivity index (χ0n) is 11.5. The number of hydrogen-bond acceptors (Lipinski definition) is 3. The fraction of sp³-hybridized carbons (Fsp3) is 0. The molecule has 3 nitrogen and oxygen atoms in total. The van der Waals surface area contributed by atoms with Gasteiger partial charge in [0.1, 0.15) is 5.69 Å². The Labute approximate surface area is 123 Å². The fourth-order valence-corrected chi connectivity index (χ4v) is 2.06. The first-order valence-electron chi connectivity index (χ1n) is 6.75. The Morgan fingerprint density at radius 1 is 0.619 bits per heavy atom. The molecular formula is C18H15N3. The van der Waals surface area contributed by atoms with Crippen LogP contribution in [0.4, 0.5) is 17.1 Å². The van der Waals surface area contributed by atoms with Crippen molar-refractivity contribution in [2.75, 3.05) is 5.73 Å². The molecule has 102 valence electrons. The van der Waals surface area contributed by atoms with Crippen molar-refractivity contribution in [2.24, 2.45) is 10.2 Å². The van der Waals surface area contributed by atoms with Gasteiger partial charge in [-0.15, -0.1) is 5.11 Å². The molecule has 0 bridgehead atoms. The average Bonchev–Trinajstić information content (AvgIpc) is 2.55. The number of anilines is 1. The molecule has 0 radical (unpaired) electrons. The second kappa shape index (κ2) is 6.01. The largest absolute Gasteiger partial charge is 0.397 e. The minimum absolute atomic E-state index is 0.621. The lowest BCUT2D eigenvalue weighted by Gasteiger charge is -2.04. The van der Waals surface area contributed by atoms with E-state index in [9.17, 15) is 0 Å². The summed E-state index contributed by atoms with van der Waals surface area (Å²) in [4.78, 5) is 0. The highest BCUT2D eigenvalue weighted by molar-refractivity contribution is 5.74. The molecule has 0 atom stereocenters. The molecule has 0 aliphatic rings. The first-order valence-corrected chi connectivity index (χ1v) is 6.75. The summed E-state index contributed by atoms with van der Waals surface area (Å²) in [6, 6.07) is 25.5. The first kappa shape index (κ1) is 13.1. The molecule has 3 aromatic rings. The summed E-state index contributed by atoms with van der Waals surface area (Å²) in [5.41, 5.74) is 10.4. The lowest BCUT2D eigenvalue weighted by atomic mass is 10.0. The van der Waals surface area contributed by atoms with Crippen LogP contribution in [0.1, 0.15) is 0 Å². The van der Waals surface area contributed by atoms with Crippen molar-refractivity contribution in [2.45, 2.75) is 0 Å². The molecule has 0 aromatic heterocycles. The van der Waals surface area contributed by atoms with Crippen LogP contribution >= 0.6 is 0 Å². The van der Waals surface area contributed by atoms with Crippen LogP contribution in [0.15, 0.2) is 89.1 Å². The molecule has 0 aliphatic carbocycles. The van der Waals surface area contributed by atoms with Gasteiger partial charge in [-0.25, -0.2) is 0 Å². The van der Waals surface area contributed by atoms with Crippen molar-refractivity contribution in [1.82, 2.24) is 0 Å². The minimum Gasteiger partial charge on any atom is -0.397 e. The topological polar surface area (TPSA) is 50.7 Å². The van der Waals surface area contributed by atoms with Crippen molar-refractivity contribution in [1.29, 1.82) is 0 Å². The Balaban J connectivity index is 1.87. The summed E-state index contributed by atoms with van der Waals surface area (Å²) in [6.45, 7) is 0. The Kier molecular flexibility index (Phi) is 3.74. The van der Waals surface area contributed by atoms with Gasteiger partial charge >= 0.3 is 0 Å². The standard InChI is InChI=1S/C18H15N3/c19-17-13-15(14-7-3-1-4-8-14)11-12-18(17)21-20-16-9-5-2-6-10-16/h1-13H,19H2. The van der Waals surface area contributed by atoms with Gasteiger partial charge in [0.15, 0.2) is 0 Å². The molecule has 0 aliphatic heterocycles. The Hall–Kier alpha value is -2.94. The Morgan fingerprint density at radius 3 is 1.95 bits per heavy atom. The summed E-state index contributed by atoms with van der Waals surface area (Å²) < 4.78 is 0. The van der Waals surface area contributed by atoms with Crippen LogP contribution in [-0.4, -0.2) is 0 Å². The molecule has 2 N–H and O–H groups in total. The Morgan fingerprint density at radius 2 is 1.29 bits per heavy atom. The normalized spacial score (nSPS) is 10.9. The maximum Gasteiger partial charge on any atom is 0.109 e. The third-order valence-corrected chi connectivity index (χ3v) is 3.16. The Bertz CT molecular complexity index is 750. The quantitative estimate of drug-likeness (QED) is 0.507. The highest BCUT2D eigenvalue weighted by Gasteiger charge is 2.02. The van der Waals surface area contributed by atoms with E-state index in [4.69, 9.17) is 5.73 Å². The maximum atomic E-state index is 6.07.